The number of nitriles is 1. The Morgan fingerprint density at radius 3 is 2.75 bits per heavy atom. The van der Waals surface area contributed by atoms with E-state index in [4.69, 9.17) is 5.26 Å². The number of aldehydes is 1. The minimum atomic E-state index is -0.619. The van der Waals surface area contributed by atoms with Gasteiger partial charge in [-0.2, -0.15) is 5.26 Å². The van der Waals surface area contributed by atoms with Crippen LogP contribution in [0.2, 0.25) is 0 Å². The zero-order valence-corrected chi connectivity index (χ0v) is 10.5. The fourth-order valence-electron chi connectivity index (χ4n) is 1.40. The van der Waals surface area contributed by atoms with Gasteiger partial charge in [-0.15, -0.1) is 0 Å². The highest BCUT2D eigenvalue weighted by molar-refractivity contribution is 5.76. The quantitative estimate of drug-likeness (QED) is 0.265. The average Bonchev–Trinajstić information content (AvgIpc) is 2.45. The molecular weight excluding hydrogens is 262 g/mol. The third-order valence-electron chi connectivity index (χ3n) is 2.23. The SMILES string of the molecule is CNc1c([N+](=O)[O-])cnc(NC=CC=CC=O)c1C#N. The Bertz CT molecular complexity index is 616. The highest BCUT2D eigenvalue weighted by Gasteiger charge is 2.20. The second-order valence-electron chi connectivity index (χ2n) is 3.39. The molecule has 1 aromatic heterocycles. The molecule has 102 valence electrons. The number of carbonyl (C=O) groups is 1. The Labute approximate surface area is 114 Å². The molecule has 0 saturated heterocycles. The molecule has 8 nitrogen and oxygen atoms in total. The molecule has 0 aliphatic carbocycles. The third-order valence-corrected chi connectivity index (χ3v) is 2.23. The van der Waals surface area contributed by atoms with Crippen LogP contribution in [0.4, 0.5) is 17.2 Å². The first-order valence-electron chi connectivity index (χ1n) is 5.44. The number of nitrogens with zero attached hydrogens (tertiary/aromatic N) is 3. The van der Waals surface area contributed by atoms with Crippen molar-refractivity contribution in [3.63, 3.8) is 0 Å². The van der Waals surface area contributed by atoms with Gasteiger partial charge < -0.3 is 10.6 Å². The van der Waals surface area contributed by atoms with Crippen molar-refractivity contribution in [2.24, 2.45) is 0 Å². The van der Waals surface area contributed by atoms with E-state index in [2.05, 4.69) is 15.6 Å². The second-order valence-corrected chi connectivity index (χ2v) is 3.39. The summed E-state index contributed by atoms with van der Waals surface area (Å²) in [6.07, 6.45) is 7.42. The molecule has 0 spiro atoms. The summed E-state index contributed by atoms with van der Waals surface area (Å²) >= 11 is 0. The molecule has 8 heteroatoms. The summed E-state index contributed by atoms with van der Waals surface area (Å²) in [5.41, 5.74) is -0.156. The minimum absolute atomic E-state index is 0.0331. The van der Waals surface area contributed by atoms with Crippen LogP contribution in [0.15, 0.2) is 30.6 Å². The summed E-state index contributed by atoms with van der Waals surface area (Å²) in [6, 6.07) is 1.86. The summed E-state index contributed by atoms with van der Waals surface area (Å²) in [4.78, 5) is 24.1. The third kappa shape index (κ3) is 3.39. The molecule has 0 bridgehead atoms. The monoisotopic (exact) mass is 273 g/mol. The maximum absolute atomic E-state index is 10.8. The fourth-order valence-corrected chi connectivity index (χ4v) is 1.40. The molecule has 0 unspecified atom stereocenters. The van der Waals surface area contributed by atoms with E-state index in [0.717, 1.165) is 6.20 Å². The van der Waals surface area contributed by atoms with Gasteiger partial charge in [0.15, 0.2) is 5.82 Å². The number of anilines is 2. The minimum Gasteiger partial charge on any atom is -0.381 e. The van der Waals surface area contributed by atoms with Gasteiger partial charge >= 0.3 is 5.69 Å². The lowest BCUT2D eigenvalue weighted by Crippen LogP contribution is -2.04. The van der Waals surface area contributed by atoms with E-state index in [0.29, 0.717) is 6.29 Å². The number of pyridine rings is 1. The smallest absolute Gasteiger partial charge is 0.311 e. The normalized spacial score (nSPS) is 10.4. The predicted molar refractivity (Wildman–Crippen MR) is 73.1 cm³/mol. The van der Waals surface area contributed by atoms with Crippen molar-refractivity contribution in [2.45, 2.75) is 0 Å². The van der Waals surface area contributed by atoms with E-state index >= 15 is 0 Å². The van der Waals surface area contributed by atoms with Crippen LogP contribution < -0.4 is 10.6 Å². The van der Waals surface area contributed by atoms with E-state index in [1.165, 1.54) is 31.5 Å². The Morgan fingerprint density at radius 1 is 1.45 bits per heavy atom. The molecule has 1 rings (SSSR count). The number of allylic oxidation sites excluding steroid dienone is 3. The van der Waals surface area contributed by atoms with Gasteiger partial charge in [0.1, 0.15) is 29.8 Å². The van der Waals surface area contributed by atoms with Gasteiger partial charge in [-0.3, -0.25) is 14.9 Å². The summed E-state index contributed by atoms with van der Waals surface area (Å²) in [6.45, 7) is 0. The topological polar surface area (TPSA) is 121 Å². The van der Waals surface area contributed by atoms with E-state index in [1.54, 1.807) is 0 Å². The Kier molecular flexibility index (Phi) is 5.40. The number of rotatable bonds is 6. The molecule has 0 atom stereocenters. The van der Waals surface area contributed by atoms with Gasteiger partial charge in [0, 0.05) is 13.2 Å². The van der Waals surface area contributed by atoms with Crippen molar-refractivity contribution in [2.75, 3.05) is 17.7 Å². The van der Waals surface area contributed by atoms with Crippen LogP contribution in [0.5, 0.6) is 0 Å². The van der Waals surface area contributed by atoms with Gasteiger partial charge in [0.25, 0.3) is 0 Å². The zero-order chi connectivity index (χ0) is 15.0. The Balaban J connectivity index is 3.13. The van der Waals surface area contributed by atoms with Crippen molar-refractivity contribution >= 4 is 23.5 Å². The van der Waals surface area contributed by atoms with Gasteiger partial charge in [0.2, 0.25) is 0 Å². The zero-order valence-electron chi connectivity index (χ0n) is 10.5. The largest absolute Gasteiger partial charge is 0.381 e. The molecule has 1 aromatic rings. The highest BCUT2D eigenvalue weighted by atomic mass is 16.6. The van der Waals surface area contributed by atoms with Crippen molar-refractivity contribution < 1.29 is 9.72 Å². The summed E-state index contributed by atoms with van der Waals surface area (Å²) in [5, 5.41) is 25.3. The lowest BCUT2D eigenvalue weighted by molar-refractivity contribution is -0.384. The lowest BCUT2D eigenvalue weighted by Gasteiger charge is -2.08. The van der Waals surface area contributed by atoms with Crippen LogP contribution >= 0.6 is 0 Å². The maximum Gasteiger partial charge on any atom is 0.311 e. The molecule has 0 aromatic carbocycles. The molecule has 1 heterocycles. The number of hydrogen-bond donors (Lipinski definition) is 2. The Morgan fingerprint density at radius 2 is 2.20 bits per heavy atom. The number of nitrogens with one attached hydrogen (secondary N) is 2. The predicted octanol–water partition coefficient (Wildman–Crippen LogP) is 1.58. The van der Waals surface area contributed by atoms with Crippen molar-refractivity contribution in [3.05, 3.63) is 46.3 Å². The van der Waals surface area contributed by atoms with Crippen LogP contribution in [-0.2, 0) is 4.79 Å². The van der Waals surface area contributed by atoms with Crippen molar-refractivity contribution in [1.29, 1.82) is 5.26 Å². The summed E-state index contributed by atoms with van der Waals surface area (Å²) in [5.74, 6) is 0.179. The summed E-state index contributed by atoms with van der Waals surface area (Å²) in [7, 11) is 1.48. The average molecular weight is 273 g/mol. The molecule has 0 radical (unpaired) electrons. The van der Waals surface area contributed by atoms with Crippen LogP contribution in [-0.4, -0.2) is 23.2 Å². The van der Waals surface area contributed by atoms with Gasteiger partial charge in [-0.1, -0.05) is 6.08 Å². The standard InChI is InChI=1S/C12H11N5O3/c1-14-11-9(7-13)12(15-5-3-2-4-6-18)16-8-10(11)17(19)20/h2-6,8H,1H3,(H2,14,15,16). The molecule has 0 aliphatic rings. The lowest BCUT2D eigenvalue weighted by atomic mass is 10.2. The second kappa shape index (κ2) is 7.27. The highest BCUT2D eigenvalue weighted by Crippen LogP contribution is 2.30. The van der Waals surface area contributed by atoms with Gasteiger partial charge in [-0.25, -0.2) is 4.98 Å². The number of nitro groups is 1. The fraction of sp³-hybridized carbons (Fsp3) is 0.0833. The van der Waals surface area contributed by atoms with Gasteiger partial charge in [-0.05, 0) is 12.2 Å². The molecular formula is C12H11N5O3. The molecule has 20 heavy (non-hydrogen) atoms. The molecule has 0 fully saturated rings. The van der Waals surface area contributed by atoms with E-state index in [9.17, 15) is 14.9 Å². The molecule has 0 saturated carbocycles. The first kappa shape index (κ1) is 14.8. The van der Waals surface area contributed by atoms with Crippen LogP contribution in [0.25, 0.3) is 0 Å². The number of carbonyl (C=O) groups excluding carboxylic acids is 1. The first-order chi connectivity index (χ1) is 9.65. The number of aromatic nitrogens is 1. The van der Waals surface area contributed by atoms with Gasteiger partial charge in [0.05, 0.1) is 4.92 Å². The number of hydrogen-bond acceptors (Lipinski definition) is 7. The summed E-state index contributed by atoms with van der Waals surface area (Å²) < 4.78 is 0. The van der Waals surface area contributed by atoms with Crippen LogP contribution in [0, 0.1) is 21.4 Å². The van der Waals surface area contributed by atoms with Crippen molar-refractivity contribution in [1.82, 2.24) is 4.98 Å². The molecule has 2 N–H and O–H groups in total. The van der Waals surface area contributed by atoms with E-state index in [-0.39, 0.29) is 22.8 Å². The van der Waals surface area contributed by atoms with Crippen LogP contribution in [0.1, 0.15) is 5.56 Å². The van der Waals surface area contributed by atoms with Crippen molar-refractivity contribution in [3.8, 4) is 6.07 Å². The first-order valence-corrected chi connectivity index (χ1v) is 5.44. The molecule has 0 aliphatic heterocycles. The van der Waals surface area contributed by atoms with E-state index in [1.807, 2.05) is 6.07 Å². The maximum atomic E-state index is 10.8. The molecule has 0 amide bonds. The van der Waals surface area contributed by atoms with Crippen LogP contribution in [0.3, 0.4) is 0 Å². The van der Waals surface area contributed by atoms with E-state index < -0.39 is 4.92 Å². The Hall–Kier alpha value is -3.21.